The molecular formula is C16H11FN2O2. The largest absolute Gasteiger partial charge is 0.447 e. The number of rotatable bonds is 1. The maximum Gasteiger partial charge on any atom is 0.407 e. The van der Waals surface area contributed by atoms with Crippen LogP contribution >= 0.6 is 0 Å². The first kappa shape index (κ1) is 13.1. The van der Waals surface area contributed by atoms with Gasteiger partial charge < -0.3 is 10.1 Å². The maximum absolute atomic E-state index is 13.1. The third-order valence-corrected chi connectivity index (χ3v) is 2.96. The van der Waals surface area contributed by atoms with Crippen LogP contribution in [0.4, 0.5) is 9.18 Å². The Kier molecular flexibility index (Phi) is 3.52. The van der Waals surface area contributed by atoms with E-state index in [0.717, 1.165) is 0 Å². The van der Waals surface area contributed by atoms with Crippen molar-refractivity contribution in [1.82, 2.24) is 10.3 Å². The Balaban J connectivity index is 1.82. The summed E-state index contributed by atoms with van der Waals surface area (Å²) in [5.41, 5.74) is 1.82. The summed E-state index contributed by atoms with van der Waals surface area (Å²) >= 11 is 0. The molecule has 1 aromatic heterocycles. The number of nitrogens with one attached hydrogen (secondary N) is 1. The Morgan fingerprint density at radius 3 is 2.86 bits per heavy atom. The summed E-state index contributed by atoms with van der Waals surface area (Å²) in [6.45, 7) is 0.257. The predicted octanol–water partition coefficient (Wildman–Crippen LogP) is 2.40. The minimum absolute atomic E-state index is 0.256. The van der Waals surface area contributed by atoms with Gasteiger partial charge in [-0.2, -0.15) is 0 Å². The van der Waals surface area contributed by atoms with Crippen LogP contribution in [-0.4, -0.2) is 17.7 Å². The topological polar surface area (TPSA) is 51.2 Å². The molecule has 1 aromatic carbocycles. The zero-order valence-electron chi connectivity index (χ0n) is 11.0. The lowest BCUT2D eigenvalue weighted by atomic mass is 10.2. The Labute approximate surface area is 121 Å². The van der Waals surface area contributed by atoms with Crippen LogP contribution in [0.15, 0.2) is 42.5 Å². The van der Waals surface area contributed by atoms with Gasteiger partial charge in [0.05, 0.1) is 5.69 Å². The van der Waals surface area contributed by atoms with E-state index in [1.807, 2.05) is 6.07 Å². The Bertz CT molecular complexity index is 749. The maximum atomic E-state index is 13.1. The van der Waals surface area contributed by atoms with Crippen molar-refractivity contribution >= 4 is 6.09 Å². The smallest absolute Gasteiger partial charge is 0.407 e. The molecule has 1 atom stereocenters. The standard InChI is InChI=1S/C16H11FN2O2/c17-12-4-1-3-11(9-12)7-8-13-5-2-6-14(18-13)15-10-21-16(20)19-15/h1-6,9,15H,10H2,(H,19,20). The van der Waals surface area contributed by atoms with E-state index in [9.17, 15) is 9.18 Å². The minimum atomic E-state index is -0.446. The van der Waals surface area contributed by atoms with Crippen molar-refractivity contribution in [3.05, 3.63) is 65.2 Å². The normalized spacial score (nSPS) is 16.6. The lowest BCUT2D eigenvalue weighted by Crippen LogP contribution is -2.19. The van der Waals surface area contributed by atoms with Crippen molar-refractivity contribution in [1.29, 1.82) is 0 Å². The average molecular weight is 282 g/mol. The molecule has 5 heteroatoms. The van der Waals surface area contributed by atoms with Crippen LogP contribution in [0.25, 0.3) is 0 Å². The van der Waals surface area contributed by atoms with Crippen LogP contribution in [0.3, 0.4) is 0 Å². The Morgan fingerprint density at radius 2 is 2.10 bits per heavy atom. The number of nitrogens with zero attached hydrogens (tertiary/aromatic N) is 1. The second kappa shape index (κ2) is 5.63. The highest BCUT2D eigenvalue weighted by Gasteiger charge is 2.24. The van der Waals surface area contributed by atoms with E-state index >= 15 is 0 Å². The first-order valence-corrected chi connectivity index (χ1v) is 6.38. The predicted molar refractivity (Wildman–Crippen MR) is 73.8 cm³/mol. The number of pyridine rings is 1. The molecule has 1 saturated heterocycles. The minimum Gasteiger partial charge on any atom is -0.447 e. The zero-order valence-corrected chi connectivity index (χ0v) is 11.0. The highest BCUT2D eigenvalue weighted by Crippen LogP contribution is 2.16. The van der Waals surface area contributed by atoms with Gasteiger partial charge in [0, 0.05) is 5.56 Å². The number of hydrogen-bond acceptors (Lipinski definition) is 3. The van der Waals surface area contributed by atoms with Crippen LogP contribution in [0.2, 0.25) is 0 Å². The number of aromatic nitrogens is 1. The van der Waals surface area contributed by atoms with Crippen LogP contribution < -0.4 is 5.32 Å². The number of amides is 1. The van der Waals surface area contributed by atoms with Crippen LogP contribution in [0.5, 0.6) is 0 Å². The van der Waals surface area contributed by atoms with Crippen molar-refractivity contribution in [3.63, 3.8) is 0 Å². The van der Waals surface area contributed by atoms with Gasteiger partial charge in [-0.05, 0) is 36.3 Å². The molecule has 1 aliphatic heterocycles. The van der Waals surface area contributed by atoms with Gasteiger partial charge in [0.2, 0.25) is 0 Å². The zero-order chi connectivity index (χ0) is 14.7. The molecule has 0 radical (unpaired) electrons. The fraction of sp³-hybridized carbons (Fsp3) is 0.125. The second-order valence-electron chi connectivity index (χ2n) is 4.50. The quantitative estimate of drug-likeness (QED) is 0.817. The number of halogens is 1. The van der Waals surface area contributed by atoms with E-state index in [0.29, 0.717) is 17.0 Å². The number of hydrogen-bond donors (Lipinski definition) is 1. The van der Waals surface area contributed by atoms with Gasteiger partial charge in [-0.15, -0.1) is 0 Å². The van der Waals surface area contributed by atoms with Crippen LogP contribution in [-0.2, 0) is 4.74 Å². The number of benzene rings is 1. The van der Waals surface area contributed by atoms with E-state index in [-0.39, 0.29) is 18.5 Å². The summed E-state index contributed by atoms with van der Waals surface area (Å²) < 4.78 is 17.9. The van der Waals surface area contributed by atoms with Gasteiger partial charge in [-0.1, -0.05) is 18.1 Å². The molecule has 104 valence electrons. The monoisotopic (exact) mass is 282 g/mol. The molecule has 0 bridgehead atoms. The summed E-state index contributed by atoms with van der Waals surface area (Å²) in [4.78, 5) is 15.4. The van der Waals surface area contributed by atoms with E-state index < -0.39 is 6.09 Å². The third kappa shape index (κ3) is 3.18. The fourth-order valence-electron chi connectivity index (χ4n) is 1.96. The van der Waals surface area contributed by atoms with Crippen LogP contribution in [0.1, 0.15) is 23.0 Å². The van der Waals surface area contributed by atoms with E-state index in [4.69, 9.17) is 4.74 Å². The van der Waals surface area contributed by atoms with Gasteiger partial charge in [-0.25, -0.2) is 14.2 Å². The van der Waals surface area contributed by atoms with Crippen molar-refractivity contribution in [3.8, 4) is 11.8 Å². The van der Waals surface area contributed by atoms with Gasteiger partial charge in [0.15, 0.2) is 0 Å². The van der Waals surface area contributed by atoms with E-state index in [2.05, 4.69) is 22.1 Å². The number of cyclic esters (lactones) is 1. The molecule has 1 amide bonds. The molecule has 1 unspecified atom stereocenters. The molecule has 1 N–H and O–H groups in total. The summed E-state index contributed by atoms with van der Waals surface area (Å²) in [7, 11) is 0. The SMILES string of the molecule is O=C1NC(c2cccc(C#Cc3cccc(F)c3)n2)CO1. The van der Waals surface area contributed by atoms with Crippen molar-refractivity contribution in [2.45, 2.75) is 6.04 Å². The molecule has 2 heterocycles. The van der Waals surface area contributed by atoms with Gasteiger partial charge in [-0.3, -0.25) is 0 Å². The molecule has 0 saturated carbocycles. The van der Waals surface area contributed by atoms with Gasteiger partial charge in [0.1, 0.15) is 24.2 Å². The lowest BCUT2D eigenvalue weighted by molar-refractivity contribution is 0.177. The molecule has 3 rings (SSSR count). The van der Waals surface area contributed by atoms with Gasteiger partial charge in [0.25, 0.3) is 0 Å². The number of carbonyl (C=O) groups is 1. The fourth-order valence-corrected chi connectivity index (χ4v) is 1.96. The average Bonchev–Trinajstić information content (AvgIpc) is 2.92. The van der Waals surface area contributed by atoms with E-state index in [1.165, 1.54) is 12.1 Å². The molecule has 1 fully saturated rings. The van der Waals surface area contributed by atoms with Gasteiger partial charge >= 0.3 is 6.09 Å². The number of ether oxygens (including phenoxy) is 1. The van der Waals surface area contributed by atoms with Crippen molar-refractivity contribution < 1.29 is 13.9 Å². The molecule has 0 spiro atoms. The molecule has 2 aromatic rings. The number of carbonyl (C=O) groups excluding carboxylic acids is 1. The summed E-state index contributed by atoms with van der Waals surface area (Å²) in [5, 5.41) is 2.66. The molecule has 21 heavy (non-hydrogen) atoms. The highest BCUT2D eigenvalue weighted by atomic mass is 19.1. The first-order chi connectivity index (χ1) is 10.2. The van der Waals surface area contributed by atoms with Crippen molar-refractivity contribution in [2.24, 2.45) is 0 Å². The first-order valence-electron chi connectivity index (χ1n) is 6.38. The molecule has 1 aliphatic rings. The second-order valence-corrected chi connectivity index (χ2v) is 4.50. The Hall–Kier alpha value is -2.87. The highest BCUT2D eigenvalue weighted by molar-refractivity contribution is 5.69. The molecular weight excluding hydrogens is 271 g/mol. The van der Waals surface area contributed by atoms with E-state index in [1.54, 1.807) is 24.3 Å². The summed E-state index contributed by atoms with van der Waals surface area (Å²) in [5.74, 6) is 5.41. The van der Waals surface area contributed by atoms with Crippen molar-refractivity contribution in [2.75, 3.05) is 6.61 Å². The molecule has 0 aliphatic carbocycles. The third-order valence-electron chi connectivity index (χ3n) is 2.96. The van der Waals surface area contributed by atoms with Crippen LogP contribution in [0, 0.1) is 17.7 Å². The number of alkyl carbamates (subject to hydrolysis) is 1. The summed E-state index contributed by atoms with van der Waals surface area (Å²) in [6, 6.07) is 11.2. The Morgan fingerprint density at radius 1 is 1.24 bits per heavy atom. The lowest BCUT2D eigenvalue weighted by Gasteiger charge is -2.06. The molecule has 4 nitrogen and oxygen atoms in total. The summed E-state index contributed by atoms with van der Waals surface area (Å²) in [6.07, 6.45) is -0.446.